The normalized spacial score (nSPS) is 11.5. The molecule has 0 bridgehead atoms. The van der Waals surface area contributed by atoms with Crippen LogP contribution >= 0.6 is 11.6 Å². The molecule has 0 amide bonds. The highest BCUT2D eigenvalue weighted by molar-refractivity contribution is 7.92. The molecule has 3 rings (SSSR count). The Morgan fingerprint density at radius 2 is 1.67 bits per heavy atom. The van der Waals surface area contributed by atoms with Crippen LogP contribution in [0.2, 0.25) is 5.02 Å². The molecule has 0 saturated heterocycles. The first kappa shape index (κ1) is 13.9. The number of nitrogens with one attached hydrogen (secondary N) is 1. The van der Waals surface area contributed by atoms with Crippen LogP contribution in [-0.2, 0) is 10.0 Å². The number of sulfonamides is 1. The molecule has 0 fully saturated rings. The summed E-state index contributed by atoms with van der Waals surface area (Å²) in [6.07, 6.45) is 3.19. The zero-order chi connectivity index (χ0) is 14.9. The van der Waals surface area contributed by atoms with Gasteiger partial charge in [0.25, 0.3) is 10.0 Å². The quantitative estimate of drug-likeness (QED) is 0.801. The van der Waals surface area contributed by atoms with Crippen molar-refractivity contribution in [3.8, 4) is 0 Å². The Balaban J connectivity index is 2.03. The smallest absolute Gasteiger partial charge is 0.261 e. The second kappa shape index (κ2) is 5.35. The molecule has 1 aromatic heterocycles. The summed E-state index contributed by atoms with van der Waals surface area (Å²) in [5, 5.41) is 2.15. The van der Waals surface area contributed by atoms with E-state index in [-0.39, 0.29) is 4.90 Å². The summed E-state index contributed by atoms with van der Waals surface area (Å²) in [6, 6.07) is 13.4. The van der Waals surface area contributed by atoms with Crippen LogP contribution in [-0.4, -0.2) is 13.4 Å². The number of hydrogen-bond acceptors (Lipinski definition) is 3. The van der Waals surface area contributed by atoms with Crippen molar-refractivity contribution in [1.29, 1.82) is 0 Å². The van der Waals surface area contributed by atoms with Crippen LogP contribution in [0.4, 0.5) is 5.69 Å². The average Bonchev–Trinajstić information content (AvgIpc) is 2.48. The summed E-state index contributed by atoms with van der Waals surface area (Å²) in [5.74, 6) is 0. The van der Waals surface area contributed by atoms with Gasteiger partial charge in [0.1, 0.15) is 0 Å². The molecule has 0 aliphatic carbocycles. The highest BCUT2D eigenvalue weighted by atomic mass is 35.5. The first-order valence-electron chi connectivity index (χ1n) is 6.17. The van der Waals surface area contributed by atoms with Gasteiger partial charge in [-0.1, -0.05) is 35.9 Å². The van der Waals surface area contributed by atoms with E-state index in [0.29, 0.717) is 10.7 Å². The molecular weight excluding hydrogens is 308 g/mol. The lowest BCUT2D eigenvalue weighted by Gasteiger charge is -2.10. The highest BCUT2D eigenvalue weighted by Gasteiger charge is 2.15. The summed E-state index contributed by atoms with van der Waals surface area (Å²) >= 11 is 5.77. The number of hydrogen-bond donors (Lipinski definition) is 1. The number of nitrogens with zero attached hydrogens (tertiary/aromatic N) is 1. The Morgan fingerprint density at radius 1 is 0.952 bits per heavy atom. The van der Waals surface area contributed by atoms with Crippen molar-refractivity contribution in [1.82, 2.24) is 4.98 Å². The third-order valence-corrected chi connectivity index (χ3v) is 4.67. The lowest BCUT2D eigenvalue weighted by Crippen LogP contribution is -2.13. The van der Waals surface area contributed by atoms with Gasteiger partial charge in [-0.25, -0.2) is 8.42 Å². The van der Waals surface area contributed by atoms with Gasteiger partial charge in [-0.2, -0.15) is 0 Å². The van der Waals surface area contributed by atoms with E-state index in [0.717, 1.165) is 10.8 Å². The van der Waals surface area contributed by atoms with Crippen LogP contribution in [0.5, 0.6) is 0 Å². The number of rotatable bonds is 3. The summed E-state index contributed by atoms with van der Waals surface area (Å²) in [4.78, 5) is 4.21. The van der Waals surface area contributed by atoms with Crippen LogP contribution in [0.25, 0.3) is 10.8 Å². The second-order valence-corrected chi connectivity index (χ2v) is 6.59. The van der Waals surface area contributed by atoms with Crippen molar-refractivity contribution in [3.05, 3.63) is 65.9 Å². The minimum Gasteiger partial charge on any atom is -0.277 e. The van der Waals surface area contributed by atoms with E-state index in [1.54, 1.807) is 6.20 Å². The first-order valence-corrected chi connectivity index (χ1v) is 8.03. The van der Waals surface area contributed by atoms with Gasteiger partial charge in [0.15, 0.2) is 0 Å². The number of pyridine rings is 1. The first-order chi connectivity index (χ1) is 10.1. The molecule has 1 N–H and O–H groups in total. The van der Waals surface area contributed by atoms with E-state index in [1.807, 2.05) is 24.3 Å². The minimum atomic E-state index is -3.67. The van der Waals surface area contributed by atoms with Crippen LogP contribution in [0.1, 0.15) is 0 Å². The molecule has 0 saturated carbocycles. The summed E-state index contributed by atoms with van der Waals surface area (Å²) in [7, 11) is -3.67. The highest BCUT2D eigenvalue weighted by Crippen LogP contribution is 2.24. The van der Waals surface area contributed by atoms with Crippen molar-refractivity contribution >= 4 is 38.1 Å². The number of fused-ring (bicyclic) bond motifs is 1. The number of benzene rings is 2. The van der Waals surface area contributed by atoms with Gasteiger partial charge in [-0.05, 0) is 24.3 Å². The molecule has 106 valence electrons. The molecule has 4 nitrogen and oxygen atoms in total. The zero-order valence-electron chi connectivity index (χ0n) is 10.8. The summed E-state index contributed by atoms with van der Waals surface area (Å²) in [6.45, 7) is 0. The van der Waals surface area contributed by atoms with E-state index >= 15 is 0 Å². The van der Waals surface area contributed by atoms with Crippen molar-refractivity contribution in [2.75, 3.05) is 4.72 Å². The number of aromatic nitrogens is 1. The predicted molar refractivity (Wildman–Crippen MR) is 84.0 cm³/mol. The Labute approximate surface area is 127 Å². The topological polar surface area (TPSA) is 59.1 Å². The molecule has 0 atom stereocenters. The van der Waals surface area contributed by atoms with Gasteiger partial charge in [0.2, 0.25) is 0 Å². The average molecular weight is 319 g/mol. The van der Waals surface area contributed by atoms with Crippen LogP contribution < -0.4 is 4.72 Å². The molecule has 2 aromatic carbocycles. The fraction of sp³-hybridized carbons (Fsp3) is 0. The fourth-order valence-electron chi connectivity index (χ4n) is 2.02. The molecule has 0 radical (unpaired) electrons. The van der Waals surface area contributed by atoms with Gasteiger partial charge in [-0.15, -0.1) is 0 Å². The maximum Gasteiger partial charge on any atom is 0.261 e. The van der Waals surface area contributed by atoms with E-state index in [4.69, 9.17) is 11.6 Å². The van der Waals surface area contributed by atoms with E-state index in [1.165, 1.54) is 30.5 Å². The molecule has 0 aliphatic rings. The number of halogens is 1. The van der Waals surface area contributed by atoms with Gasteiger partial charge in [0.05, 0.1) is 16.8 Å². The summed E-state index contributed by atoms with van der Waals surface area (Å²) < 4.78 is 27.3. The van der Waals surface area contributed by atoms with Gasteiger partial charge in [0, 0.05) is 22.0 Å². The van der Waals surface area contributed by atoms with Crippen LogP contribution in [0.3, 0.4) is 0 Å². The standard InChI is InChI=1S/C15H11ClN2O2S/c16-12-5-7-13(8-6-12)21(19,20)18-15-10-17-9-11-3-1-2-4-14(11)15/h1-10,18H. The fourth-order valence-corrected chi connectivity index (χ4v) is 3.21. The molecule has 0 unspecified atom stereocenters. The van der Waals surface area contributed by atoms with E-state index in [2.05, 4.69) is 9.71 Å². The lowest BCUT2D eigenvalue weighted by molar-refractivity contribution is 0.601. The maximum absolute atomic E-state index is 12.4. The molecule has 0 aliphatic heterocycles. The Hall–Kier alpha value is -2.11. The van der Waals surface area contributed by atoms with Crippen molar-refractivity contribution < 1.29 is 8.42 Å². The minimum absolute atomic E-state index is 0.153. The Bertz CT molecular complexity index is 888. The lowest BCUT2D eigenvalue weighted by atomic mass is 10.1. The van der Waals surface area contributed by atoms with Gasteiger partial charge < -0.3 is 0 Å². The number of anilines is 1. The third kappa shape index (κ3) is 2.84. The zero-order valence-corrected chi connectivity index (χ0v) is 12.4. The molecule has 0 spiro atoms. The Morgan fingerprint density at radius 3 is 2.43 bits per heavy atom. The molecule has 6 heteroatoms. The van der Waals surface area contributed by atoms with Crippen LogP contribution in [0, 0.1) is 0 Å². The predicted octanol–water partition coefficient (Wildman–Crippen LogP) is 3.69. The molecule has 3 aromatic rings. The van der Waals surface area contributed by atoms with Crippen LogP contribution in [0.15, 0.2) is 65.8 Å². The molecule has 21 heavy (non-hydrogen) atoms. The van der Waals surface area contributed by atoms with Gasteiger partial charge >= 0.3 is 0 Å². The monoisotopic (exact) mass is 318 g/mol. The molecule has 1 heterocycles. The van der Waals surface area contributed by atoms with Gasteiger partial charge in [-0.3, -0.25) is 9.71 Å². The molecular formula is C15H11ClN2O2S. The van der Waals surface area contributed by atoms with E-state index < -0.39 is 10.0 Å². The maximum atomic E-state index is 12.4. The second-order valence-electron chi connectivity index (χ2n) is 4.47. The van der Waals surface area contributed by atoms with Crippen molar-refractivity contribution in [2.24, 2.45) is 0 Å². The largest absolute Gasteiger partial charge is 0.277 e. The summed E-state index contributed by atoms with van der Waals surface area (Å²) in [5.41, 5.74) is 0.447. The van der Waals surface area contributed by atoms with E-state index in [9.17, 15) is 8.42 Å². The van der Waals surface area contributed by atoms with Crippen molar-refractivity contribution in [2.45, 2.75) is 4.90 Å². The Kier molecular flexibility index (Phi) is 3.53. The SMILES string of the molecule is O=S(=O)(Nc1cncc2ccccc12)c1ccc(Cl)cc1. The van der Waals surface area contributed by atoms with Crippen molar-refractivity contribution in [3.63, 3.8) is 0 Å². The third-order valence-electron chi connectivity index (χ3n) is 3.04.